The molecule has 0 spiro atoms. The molecule has 130 valence electrons. The molecule has 0 atom stereocenters. The monoisotopic (exact) mass is 430 g/mol. The number of nitrogen functional groups attached to an aromatic ring is 1. The Balaban J connectivity index is 2.09. The highest BCUT2D eigenvalue weighted by Gasteiger charge is 2.21. The molecule has 25 heavy (non-hydrogen) atoms. The van der Waals surface area contributed by atoms with Crippen LogP contribution in [-0.4, -0.2) is 37.7 Å². The molecule has 0 saturated heterocycles. The molecule has 3 aromatic rings. The molecule has 2 heterocycles. The van der Waals surface area contributed by atoms with Crippen molar-refractivity contribution in [2.24, 2.45) is 0 Å². The Hall–Kier alpha value is -2.33. The lowest BCUT2D eigenvalue weighted by Gasteiger charge is -2.11. The smallest absolute Gasteiger partial charge is 0.202 e. The third-order valence-corrected chi connectivity index (χ3v) is 3.77. The van der Waals surface area contributed by atoms with E-state index >= 15 is 0 Å². The molecule has 1 aromatic carbocycles. The molecule has 0 aliphatic carbocycles. The van der Waals surface area contributed by atoms with Crippen molar-refractivity contribution in [3.8, 4) is 22.8 Å². The zero-order chi connectivity index (χ0) is 18.0. The normalized spacial score (nSPS) is 10.9. The minimum atomic E-state index is -1.16. The number of aromatic nitrogens is 5. The molecular formula is C14H10BrClF2N6O. The summed E-state index contributed by atoms with van der Waals surface area (Å²) < 4.78 is 35.4. The summed E-state index contributed by atoms with van der Waals surface area (Å²) in [5.74, 6) is -2.18. The fourth-order valence-electron chi connectivity index (χ4n) is 2.09. The van der Waals surface area contributed by atoms with Crippen LogP contribution in [0.5, 0.6) is 5.75 Å². The lowest BCUT2D eigenvalue weighted by atomic mass is 10.2. The summed E-state index contributed by atoms with van der Waals surface area (Å²) in [6.45, 7) is 0.0492. The molecule has 0 amide bonds. The molecule has 0 saturated carbocycles. The maximum Gasteiger partial charge on any atom is 0.202 e. The van der Waals surface area contributed by atoms with Crippen LogP contribution in [0.3, 0.4) is 0 Å². The molecule has 0 bridgehead atoms. The zero-order valence-electron chi connectivity index (χ0n) is 12.5. The van der Waals surface area contributed by atoms with Crippen molar-refractivity contribution in [2.45, 2.75) is 0 Å². The number of pyridine rings is 1. The van der Waals surface area contributed by atoms with Gasteiger partial charge in [0.2, 0.25) is 5.82 Å². The highest BCUT2D eigenvalue weighted by molar-refractivity contribution is 9.10. The Morgan fingerprint density at radius 1 is 1.28 bits per heavy atom. The lowest BCUT2D eigenvalue weighted by molar-refractivity contribution is 0.316. The number of benzene rings is 1. The number of alkyl halides is 1. The largest absolute Gasteiger partial charge is 0.489 e. The van der Waals surface area contributed by atoms with E-state index in [1.54, 1.807) is 6.07 Å². The summed E-state index contributed by atoms with van der Waals surface area (Å²) in [6.07, 6.45) is 1.50. The summed E-state index contributed by atoms with van der Waals surface area (Å²) in [6, 6.07) is 4.19. The van der Waals surface area contributed by atoms with Gasteiger partial charge in [-0.15, -0.1) is 16.7 Å². The Kier molecular flexibility index (Phi) is 5.09. The molecule has 0 unspecified atom stereocenters. The quantitative estimate of drug-likeness (QED) is 0.625. The molecule has 0 fully saturated rings. The molecule has 11 heteroatoms. The van der Waals surface area contributed by atoms with Gasteiger partial charge in [-0.3, -0.25) is 0 Å². The number of hydrogen-bond donors (Lipinski definition) is 1. The van der Waals surface area contributed by atoms with Crippen LogP contribution in [0.25, 0.3) is 17.1 Å². The van der Waals surface area contributed by atoms with E-state index < -0.39 is 11.6 Å². The number of nitrogens with two attached hydrogens (primary N) is 1. The van der Waals surface area contributed by atoms with Crippen molar-refractivity contribution in [1.29, 1.82) is 0 Å². The van der Waals surface area contributed by atoms with E-state index in [4.69, 9.17) is 22.1 Å². The number of tetrazole rings is 1. The summed E-state index contributed by atoms with van der Waals surface area (Å²) in [4.78, 5) is 3.98. The van der Waals surface area contributed by atoms with Crippen molar-refractivity contribution in [3.05, 3.63) is 40.5 Å². The van der Waals surface area contributed by atoms with Crippen LogP contribution in [-0.2, 0) is 0 Å². The molecular weight excluding hydrogens is 422 g/mol. The number of halogens is 4. The van der Waals surface area contributed by atoms with Gasteiger partial charge in [-0.2, -0.15) is 9.07 Å². The zero-order valence-corrected chi connectivity index (χ0v) is 14.8. The number of nitrogens with zero attached hydrogens (tertiary/aromatic N) is 5. The van der Waals surface area contributed by atoms with Crippen LogP contribution in [0.4, 0.5) is 14.6 Å². The predicted molar refractivity (Wildman–Crippen MR) is 90.6 cm³/mol. The average Bonchev–Trinajstić information content (AvgIpc) is 3.07. The maximum atomic E-state index is 14.5. The first-order chi connectivity index (χ1) is 12.0. The standard InChI is InChI=1S/C14H10BrClF2N6O/c15-7-5-8(13(19)20-6-7)14-21-22-23-24(14)9-1-2-10(25-4-3-16)12(18)11(9)17/h1-2,5-6H,3-4H2,(H2,19,20). The predicted octanol–water partition coefficient (Wildman–Crippen LogP) is 2.96. The van der Waals surface area contributed by atoms with Crippen molar-refractivity contribution in [2.75, 3.05) is 18.2 Å². The fraction of sp³-hybridized carbons (Fsp3) is 0.143. The molecule has 7 nitrogen and oxygen atoms in total. The lowest BCUT2D eigenvalue weighted by Crippen LogP contribution is -2.08. The summed E-state index contributed by atoms with van der Waals surface area (Å²) in [7, 11) is 0. The van der Waals surface area contributed by atoms with Crippen LogP contribution in [0.1, 0.15) is 0 Å². The Bertz CT molecular complexity index is 922. The van der Waals surface area contributed by atoms with Gasteiger partial charge >= 0.3 is 0 Å². The Labute approximate surface area is 153 Å². The van der Waals surface area contributed by atoms with E-state index in [0.29, 0.717) is 10.0 Å². The number of hydrogen-bond acceptors (Lipinski definition) is 6. The van der Waals surface area contributed by atoms with E-state index in [-0.39, 0.29) is 35.6 Å². The molecule has 0 radical (unpaired) electrons. The van der Waals surface area contributed by atoms with Crippen molar-refractivity contribution < 1.29 is 13.5 Å². The van der Waals surface area contributed by atoms with Gasteiger partial charge in [0.05, 0.1) is 11.4 Å². The molecule has 0 aliphatic rings. The summed E-state index contributed by atoms with van der Waals surface area (Å²) >= 11 is 8.74. The second kappa shape index (κ2) is 7.28. The Morgan fingerprint density at radius 2 is 2.08 bits per heavy atom. The van der Waals surface area contributed by atoms with Gasteiger partial charge in [-0.05, 0) is 44.6 Å². The summed E-state index contributed by atoms with van der Waals surface area (Å²) in [5.41, 5.74) is 6.00. The van der Waals surface area contributed by atoms with E-state index in [9.17, 15) is 8.78 Å². The number of ether oxygens (including phenoxy) is 1. The third kappa shape index (κ3) is 3.40. The van der Waals surface area contributed by atoms with Gasteiger partial charge in [0.25, 0.3) is 0 Å². The highest BCUT2D eigenvalue weighted by Crippen LogP contribution is 2.30. The molecule has 2 aromatic heterocycles. The topological polar surface area (TPSA) is 91.7 Å². The molecule has 2 N–H and O–H groups in total. The first-order valence-corrected chi connectivity index (χ1v) is 8.22. The minimum Gasteiger partial charge on any atom is -0.489 e. The highest BCUT2D eigenvalue weighted by atomic mass is 79.9. The fourth-order valence-corrected chi connectivity index (χ4v) is 2.50. The number of rotatable bonds is 5. The van der Waals surface area contributed by atoms with E-state index in [0.717, 1.165) is 4.68 Å². The van der Waals surface area contributed by atoms with Gasteiger partial charge in [-0.25, -0.2) is 9.37 Å². The molecule has 0 aliphatic heterocycles. The molecule has 3 rings (SSSR count). The van der Waals surface area contributed by atoms with Crippen LogP contribution in [0.2, 0.25) is 0 Å². The average molecular weight is 432 g/mol. The third-order valence-electron chi connectivity index (χ3n) is 3.18. The van der Waals surface area contributed by atoms with Gasteiger partial charge in [-0.1, -0.05) is 0 Å². The van der Waals surface area contributed by atoms with Gasteiger partial charge < -0.3 is 10.5 Å². The second-order valence-corrected chi connectivity index (χ2v) is 6.04. The van der Waals surface area contributed by atoms with Crippen LogP contribution < -0.4 is 10.5 Å². The van der Waals surface area contributed by atoms with Gasteiger partial charge in [0, 0.05) is 10.7 Å². The van der Waals surface area contributed by atoms with Crippen LogP contribution in [0.15, 0.2) is 28.9 Å². The van der Waals surface area contributed by atoms with Crippen molar-refractivity contribution in [3.63, 3.8) is 0 Å². The van der Waals surface area contributed by atoms with Crippen molar-refractivity contribution >= 4 is 33.3 Å². The van der Waals surface area contributed by atoms with Crippen LogP contribution in [0, 0.1) is 11.6 Å². The van der Waals surface area contributed by atoms with E-state index in [1.807, 2.05) is 0 Å². The first kappa shape index (κ1) is 17.5. The van der Waals surface area contributed by atoms with Crippen molar-refractivity contribution in [1.82, 2.24) is 25.2 Å². The maximum absolute atomic E-state index is 14.5. The minimum absolute atomic E-state index is 0.0492. The SMILES string of the molecule is Nc1ncc(Br)cc1-c1nnnn1-c1ccc(OCCCl)c(F)c1F. The second-order valence-electron chi connectivity index (χ2n) is 4.75. The Morgan fingerprint density at radius 3 is 2.84 bits per heavy atom. The van der Waals surface area contributed by atoms with Gasteiger partial charge in [0.1, 0.15) is 18.1 Å². The summed E-state index contributed by atoms with van der Waals surface area (Å²) in [5, 5.41) is 11.1. The first-order valence-electron chi connectivity index (χ1n) is 6.90. The van der Waals surface area contributed by atoms with Gasteiger partial charge in [0.15, 0.2) is 17.4 Å². The van der Waals surface area contributed by atoms with Crippen LogP contribution >= 0.6 is 27.5 Å². The van der Waals surface area contributed by atoms with E-state index in [2.05, 4.69) is 36.4 Å². The van der Waals surface area contributed by atoms with E-state index in [1.165, 1.54) is 18.3 Å². The number of anilines is 1.